The van der Waals surface area contributed by atoms with Gasteiger partial charge in [-0.1, -0.05) is 20.8 Å². The number of sulfonamides is 1. The van der Waals surface area contributed by atoms with Crippen LogP contribution in [0.5, 0.6) is 0 Å². The predicted molar refractivity (Wildman–Crippen MR) is 86.4 cm³/mol. The Kier molecular flexibility index (Phi) is 4.63. The lowest BCUT2D eigenvalue weighted by Gasteiger charge is -2.29. The van der Waals surface area contributed by atoms with Crippen LogP contribution in [0.25, 0.3) is 0 Å². The molecule has 0 saturated carbocycles. The van der Waals surface area contributed by atoms with Crippen molar-refractivity contribution in [2.45, 2.75) is 44.9 Å². The molecular formula is C16H26N2O2S. The maximum atomic E-state index is 12.7. The highest BCUT2D eigenvalue weighted by atomic mass is 32.2. The van der Waals surface area contributed by atoms with E-state index in [1.54, 1.807) is 28.6 Å². The van der Waals surface area contributed by atoms with Crippen molar-refractivity contribution in [3.8, 4) is 0 Å². The summed E-state index contributed by atoms with van der Waals surface area (Å²) in [5, 5.41) is 0. The Morgan fingerprint density at radius 3 is 2.29 bits per heavy atom. The van der Waals surface area contributed by atoms with Gasteiger partial charge in [0.25, 0.3) is 0 Å². The average Bonchev–Trinajstić information content (AvgIpc) is 2.64. The van der Waals surface area contributed by atoms with Crippen molar-refractivity contribution >= 4 is 15.7 Å². The first-order valence-corrected chi connectivity index (χ1v) is 9.01. The monoisotopic (exact) mass is 310 g/mol. The van der Waals surface area contributed by atoms with E-state index in [0.717, 1.165) is 19.3 Å². The van der Waals surface area contributed by atoms with Crippen molar-refractivity contribution in [3.05, 3.63) is 24.3 Å². The maximum Gasteiger partial charge on any atom is 0.243 e. The Balaban J connectivity index is 2.16. The van der Waals surface area contributed by atoms with Gasteiger partial charge in [0.2, 0.25) is 10.0 Å². The Morgan fingerprint density at radius 2 is 1.71 bits per heavy atom. The first-order chi connectivity index (χ1) is 9.71. The Hall–Kier alpha value is -1.07. The number of nitrogens with zero attached hydrogens (tertiary/aromatic N) is 1. The molecule has 5 heteroatoms. The fraction of sp³-hybridized carbons (Fsp3) is 0.625. The van der Waals surface area contributed by atoms with Gasteiger partial charge >= 0.3 is 0 Å². The molecule has 1 atom stereocenters. The zero-order valence-corrected chi connectivity index (χ0v) is 14.0. The molecule has 2 rings (SSSR count). The van der Waals surface area contributed by atoms with Crippen LogP contribution in [0.2, 0.25) is 0 Å². The summed E-state index contributed by atoms with van der Waals surface area (Å²) in [4.78, 5) is 0.339. The van der Waals surface area contributed by atoms with E-state index >= 15 is 0 Å². The number of anilines is 1. The maximum absolute atomic E-state index is 12.7. The second kappa shape index (κ2) is 5.97. The Bertz CT molecular complexity index is 573. The second-order valence-corrected chi connectivity index (χ2v) is 8.90. The molecule has 0 amide bonds. The quantitative estimate of drug-likeness (QED) is 0.854. The van der Waals surface area contributed by atoms with E-state index in [1.165, 1.54) is 0 Å². The predicted octanol–water partition coefficient (Wildman–Crippen LogP) is 3.11. The largest absolute Gasteiger partial charge is 0.399 e. The fourth-order valence-electron chi connectivity index (χ4n) is 2.97. The zero-order valence-electron chi connectivity index (χ0n) is 13.2. The number of nitrogens with two attached hydrogens (primary N) is 1. The lowest BCUT2D eigenvalue weighted by Crippen LogP contribution is -2.32. The fourth-order valence-corrected chi connectivity index (χ4v) is 4.46. The summed E-state index contributed by atoms with van der Waals surface area (Å²) in [6, 6.07) is 6.47. The minimum atomic E-state index is -3.39. The molecule has 1 unspecified atom stereocenters. The van der Waals surface area contributed by atoms with E-state index in [4.69, 9.17) is 5.73 Å². The molecular weight excluding hydrogens is 284 g/mol. The van der Waals surface area contributed by atoms with Crippen LogP contribution < -0.4 is 5.73 Å². The van der Waals surface area contributed by atoms with Gasteiger partial charge < -0.3 is 5.73 Å². The van der Waals surface area contributed by atoms with Gasteiger partial charge in [-0.25, -0.2) is 8.42 Å². The van der Waals surface area contributed by atoms with E-state index in [2.05, 4.69) is 20.8 Å². The van der Waals surface area contributed by atoms with Gasteiger partial charge in [0.1, 0.15) is 0 Å². The lowest BCUT2D eigenvalue weighted by atomic mass is 9.77. The van der Waals surface area contributed by atoms with Crippen molar-refractivity contribution < 1.29 is 8.42 Å². The molecule has 0 aromatic heterocycles. The van der Waals surface area contributed by atoms with Gasteiger partial charge in [-0.2, -0.15) is 4.31 Å². The molecule has 1 saturated heterocycles. The van der Waals surface area contributed by atoms with Gasteiger partial charge in [0, 0.05) is 18.8 Å². The molecule has 1 aliphatic rings. The minimum absolute atomic E-state index is 0.237. The van der Waals surface area contributed by atoms with Crippen LogP contribution in [0.4, 0.5) is 5.69 Å². The first-order valence-electron chi connectivity index (χ1n) is 7.57. The van der Waals surface area contributed by atoms with Crippen LogP contribution in [0.15, 0.2) is 29.2 Å². The molecule has 21 heavy (non-hydrogen) atoms. The van der Waals surface area contributed by atoms with Gasteiger partial charge in [-0.05, 0) is 54.9 Å². The molecule has 0 bridgehead atoms. The standard InChI is InChI=1S/C16H26N2O2S/c1-16(2,3)13-5-4-11-18(12-10-13)21(19,20)15-8-6-14(17)7-9-15/h6-9,13H,4-5,10-12,17H2,1-3H3. The number of benzene rings is 1. The molecule has 4 nitrogen and oxygen atoms in total. The SMILES string of the molecule is CC(C)(C)C1CCCN(S(=O)(=O)c2ccc(N)cc2)CC1. The van der Waals surface area contributed by atoms with Crippen molar-refractivity contribution in [1.82, 2.24) is 4.31 Å². The molecule has 1 aromatic carbocycles. The van der Waals surface area contributed by atoms with Crippen LogP contribution in [-0.2, 0) is 10.0 Å². The van der Waals surface area contributed by atoms with Crippen LogP contribution in [0, 0.1) is 11.3 Å². The molecule has 1 fully saturated rings. The molecule has 118 valence electrons. The lowest BCUT2D eigenvalue weighted by molar-refractivity contribution is 0.217. The summed E-state index contributed by atoms with van der Waals surface area (Å²) in [5.41, 5.74) is 6.45. The summed E-state index contributed by atoms with van der Waals surface area (Å²) < 4.78 is 27.0. The van der Waals surface area contributed by atoms with E-state index < -0.39 is 10.0 Å². The summed E-state index contributed by atoms with van der Waals surface area (Å²) >= 11 is 0. The van der Waals surface area contributed by atoms with Crippen molar-refractivity contribution in [2.24, 2.45) is 11.3 Å². The smallest absolute Gasteiger partial charge is 0.243 e. The highest BCUT2D eigenvalue weighted by Crippen LogP contribution is 2.35. The highest BCUT2D eigenvalue weighted by Gasteiger charge is 2.31. The van der Waals surface area contributed by atoms with E-state index in [9.17, 15) is 8.42 Å². The Labute approximate surface area is 128 Å². The third-order valence-corrected chi connectivity index (χ3v) is 6.34. The van der Waals surface area contributed by atoms with Crippen molar-refractivity contribution in [3.63, 3.8) is 0 Å². The van der Waals surface area contributed by atoms with E-state index in [-0.39, 0.29) is 5.41 Å². The first kappa shape index (κ1) is 16.3. The normalized spacial score (nSPS) is 22.0. The van der Waals surface area contributed by atoms with Crippen molar-refractivity contribution in [2.75, 3.05) is 18.8 Å². The number of hydrogen-bond donors (Lipinski definition) is 1. The summed E-state index contributed by atoms with van der Waals surface area (Å²) in [7, 11) is -3.39. The Morgan fingerprint density at radius 1 is 1.10 bits per heavy atom. The number of nitrogen functional groups attached to an aromatic ring is 1. The highest BCUT2D eigenvalue weighted by molar-refractivity contribution is 7.89. The summed E-state index contributed by atoms with van der Waals surface area (Å²) in [6.45, 7) is 7.93. The molecule has 2 N–H and O–H groups in total. The third-order valence-electron chi connectivity index (χ3n) is 4.43. The second-order valence-electron chi connectivity index (χ2n) is 6.97. The topological polar surface area (TPSA) is 63.4 Å². The average molecular weight is 310 g/mol. The number of hydrogen-bond acceptors (Lipinski definition) is 3. The molecule has 0 spiro atoms. The zero-order chi connectivity index (χ0) is 15.7. The van der Waals surface area contributed by atoms with Crippen LogP contribution in [-0.4, -0.2) is 25.8 Å². The van der Waals surface area contributed by atoms with Crippen molar-refractivity contribution in [1.29, 1.82) is 0 Å². The van der Waals surface area contributed by atoms with Crippen LogP contribution in [0.3, 0.4) is 0 Å². The summed E-state index contributed by atoms with van der Waals surface area (Å²) in [6.07, 6.45) is 2.95. The van der Waals surface area contributed by atoms with Crippen LogP contribution in [0.1, 0.15) is 40.0 Å². The molecule has 1 heterocycles. The minimum Gasteiger partial charge on any atom is -0.399 e. The third kappa shape index (κ3) is 3.77. The van der Waals surface area contributed by atoms with Gasteiger partial charge in [-0.15, -0.1) is 0 Å². The summed E-state index contributed by atoms with van der Waals surface area (Å²) in [5.74, 6) is 0.573. The molecule has 0 aliphatic carbocycles. The van der Waals surface area contributed by atoms with E-state index in [1.807, 2.05) is 0 Å². The molecule has 1 aliphatic heterocycles. The van der Waals surface area contributed by atoms with Gasteiger partial charge in [-0.3, -0.25) is 0 Å². The van der Waals surface area contributed by atoms with Gasteiger partial charge in [0.05, 0.1) is 4.90 Å². The molecule has 1 aromatic rings. The molecule has 0 radical (unpaired) electrons. The van der Waals surface area contributed by atoms with Gasteiger partial charge in [0.15, 0.2) is 0 Å². The number of rotatable bonds is 2. The van der Waals surface area contributed by atoms with Crippen LogP contribution >= 0.6 is 0 Å². The van der Waals surface area contributed by atoms with E-state index in [0.29, 0.717) is 29.6 Å².